The maximum atomic E-state index is 12.5. The molecule has 0 saturated carbocycles. The number of nitrogens with one attached hydrogen (secondary N) is 1. The number of β-amino-alcohol motifs (C(OH)–C–C–N with tert-alkyl or cyclic N) is 1. The summed E-state index contributed by atoms with van der Waals surface area (Å²) >= 11 is 0. The average molecular weight is 292 g/mol. The van der Waals surface area contributed by atoms with E-state index in [9.17, 15) is 14.7 Å². The van der Waals surface area contributed by atoms with Crippen molar-refractivity contribution in [1.82, 2.24) is 9.88 Å². The molecule has 1 aromatic heterocycles. The zero-order valence-electron chi connectivity index (χ0n) is 13.0. The molecule has 5 heteroatoms. The van der Waals surface area contributed by atoms with Crippen LogP contribution < -0.4 is 0 Å². The summed E-state index contributed by atoms with van der Waals surface area (Å²) in [7, 11) is 0. The lowest BCUT2D eigenvalue weighted by Crippen LogP contribution is -2.41. The molecule has 2 heterocycles. The van der Waals surface area contributed by atoms with E-state index in [0.29, 0.717) is 30.8 Å². The molecule has 1 aromatic rings. The van der Waals surface area contributed by atoms with E-state index in [4.69, 9.17) is 0 Å². The van der Waals surface area contributed by atoms with Crippen molar-refractivity contribution in [2.45, 2.75) is 46.1 Å². The Balaban J connectivity index is 2.19. The largest absolute Gasteiger partial charge is 0.392 e. The number of aryl methyl sites for hydroxylation is 1. The predicted octanol–water partition coefficient (Wildman–Crippen LogP) is 1.73. The molecule has 0 amide bonds. The Labute approximate surface area is 125 Å². The summed E-state index contributed by atoms with van der Waals surface area (Å²) < 4.78 is 0. The molecule has 0 radical (unpaired) electrons. The molecule has 116 valence electrons. The van der Waals surface area contributed by atoms with Crippen LogP contribution in [-0.2, 0) is 6.42 Å². The van der Waals surface area contributed by atoms with Crippen molar-refractivity contribution < 1.29 is 14.7 Å². The van der Waals surface area contributed by atoms with Crippen molar-refractivity contribution in [3.05, 3.63) is 22.5 Å². The van der Waals surface area contributed by atoms with Crippen molar-refractivity contribution in [2.24, 2.45) is 0 Å². The van der Waals surface area contributed by atoms with Crippen LogP contribution in [0.3, 0.4) is 0 Å². The Hall–Kier alpha value is -1.46. The van der Waals surface area contributed by atoms with Gasteiger partial charge in [-0.1, -0.05) is 6.92 Å². The molecular weight excluding hydrogens is 268 g/mol. The van der Waals surface area contributed by atoms with Crippen LogP contribution in [0.1, 0.15) is 58.8 Å². The normalized spacial score (nSPS) is 19.7. The minimum Gasteiger partial charge on any atom is -0.392 e. The van der Waals surface area contributed by atoms with Gasteiger partial charge in [0.15, 0.2) is 11.6 Å². The second kappa shape index (κ2) is 6.54. The zero-order valence-corrected chi connectivity index (χ0v) is 13.0. The van der Waals surface area contributed by atoms with Gasteiger partial charge in [0.05, 0.1) is 18.3 Å². The number of aromatic amines is 1. The lowest BCUT2D eigenvalue weighted by atomic mass is 10.0. The number of nitrogens with zero attached hydrogens (tertiary/aromatic N) is 1. The summed E-state index contributed by atoms with van der Waals surface area (Å²) in [6, 6.07) is 0. The monoisotopic (exact) mass is 292 g/mol. The van der Waals surface area contributed by atoms with Gasteiger partial charge >= 0.3 is 0 Å². The first kappa shape index (κ1) is 15.9. The lowest BCUT2D eigenvalue weighted by Gasteiger charge is -2.29. The van der Waals surface area contributed by atoms with Gasteiger partial charge in [-0.2, -0.15) is 0 Å². The van der Waals surface area contributed by atoms with E-state index >= 15 is 0 Å². The van der Waals surface area contributed by atoms with Gasteiger partial charge in [-0.05, 0) is 45.2 Å². The fourth-order valence-electron chi connectivity index (χ4n) is 3.20. The quantitative estimate of drug-likeness (QED) is 0.811. The molecule has 0 aliphatic carbocycles. The van der Waals surface area contributed by atoms with Crippen LogP contribution in [0, 0.1) is 6.92 Å². The van der Waals surface area contributed by atoms with Gasteiger partial charge in [0.25, 0.3) is 0 Å². The molecule has 0 aromatic carbocycles. The summed E-state index contributed by atoms with van der Waals surface area (Å²) in [6.07, 6.45) is 2.04. The third-order valence-electron chi connectivity index (χ3n) is 4.12. The second-order valence-corrected chi connectivity index (χ2v) is 5.84. The van der Waals surface area contributed by atoms with Gasteiger partial charge in [0, 0.05) is 17.8 Å². The second-order valence-electron chi connectivity index (χ2n) is 5.84. The third-order valence-corrected chi connectivity index (χ3v) is 4.12. The smallest absolute Gasteiger partial charge is 0.193 e. The van der Waals surface area contributed by atoms with E-state index in [0.717, 1.165) is 30.6 Å². The summed E-state index contributed by atoms with van der Waals surface area (Å²) in [4.78, 5) is 29.3. The number of hydrogen-bond donors (Lipinski definition) is 2. The first-order valence-corrected chi connectivity index (χ1v) is 7.60. The van der Waals surface area contributed by atoms with Crippen LogP contribution in [0.15, 0.2) is 0 Å². The highest BCUT2D eigenvalue weighted by Gasteiger charge is 2.25. The Bertz CT molecular complexity index is 548. The number of aliphatic hydroxyl groups is 1. The summed E-state index contributed by atoms with van der Waals surface area (Å²) in [5.74, 6) is -0.00963. The molecule has 0 spiro atoms. The molecule has 1 fully saturated rings. The molecule has 5 nitrogen and oxygen atoms in total. The van der Waals surface area contributed by atoms with Crippen LogP contribution >= 0.6 is 0 Å². The fourth-order valence-corrected chi connectivity index (χ4v) is 3.20. The first-order valence-electron chi connectivity index (χ1n) is 7.60. The zero-order chi connectivity index (χ0) is 15.6. The Morgan fingerprint density at radius 2 is 2.14 bits per heavy atom. The highest BCUT2D eigenvalue weighted by molar-refractivity contribution is 6.04. The van der Waals surface area contributed by atoms with Gasteiger partial charge < -0.3 is 10.1 Å². The molecule has 1 aliphatic heterocycles. The molecule has 21 heavy (non-hydrogen) atoms. The standard InChI is InChI=1S/C16H24N2O3/c1-4-13-15(11(3)19)10(2)17-16(13)14(21)9-18-7-5-6-12(20)8-18/h12,17,20H,4-9H2,1-3H3. The van der Waals surface area contributed by atoms with Gasteiger partial charge in [-0.25, -0.2) is 0 Å². The molecule has 0 bridgehead atoms. The maximum Gasteiger partial charge on any atom is 0.193 e. The minimum atomic E-state index is -0.338. The average Bonchev–Trinajstić information content (AvgIpc) is 2.75. The number of hydrogen-bond acceptors (Lipinski definition) is 4. The van der Waals surface area contributed by atoms with Crippen LogP contribution in [0.2, 0.25) is 0 Å². The molecule has 1 saturated heterocycles. The van der Waals surface area contributed by atoms with Gasteiger partial charge in [0.2, 0.25) is 0 Å². The molecule has 1 aliphatic rings. The number of rotatable bonds is 5. The van der Waals surface area contributed by atoms with Gasteiger partial charge in [-0.3, -0.25) is 14.5 Å². The fraction of sp³-hybridized carbons (Fsp3) is 0.625. The van der Waals surface area contributed by atoms with Crippen molar-refractivity contribution in [2.75, 3.05) is 19.6 Å². The Morgan fingerprint density at radius 3 is 2.71 bits per heavy atom. The number of aliphatic hydroxyl groups excluding tert-OH is 1. The molecule has 1 unspecified atom stereocenters. The highest BCUT2D eigenvalue weighted by Crippen LogP contribution is 2.21. The number of H-pyrrole nitrogens is 1. The third kappa shape index (κ3) is 3.41. The topological polar surface area (TPSA) is 73.4 Å². The number of likely N-dealkylation sites (tertiary alicyclic amines) is 1. The van der Waals surface area contributed by atoms with Crippen LogP contribution in [-0.4, -0.2) is 52.3 Å². The first-order chi connectivity index (χ1) is 9.93. The minimum absolute atomic E-state index is 0.00319. The number of ketones is 2. The van der Waals surface area contributed by atoms with Crippen LogP contribution in [0.25, 0.3) is 0 Å². The van der Waals surface area contributed by atoms with Crippen molar-refractivity contribution >= 4 is 11.6 Å². The number of carbonyl (C=O) groups excluding carboxylic acids is 2. The van der Waals surface area contributed by atoms with Gasteiger partial charge in [-0.15, -0.1) is 0 Å². The predicted molar refractivity (Wildman–Crippen MR) is 80.9 cm³/mol. The number of aromatic nitrogens is 1. The number of Topliss-reactive ketones (excluding diaryl/α,β-unsaturated/α-hetero) is 2. The van der Waals surface area contributed by atoms with E-state index in [-0.39, 0.29) is 17.7 Å². The summed E-state index contributed by atoms with van der Waals surface area (Å²) in [5, 5.41) is 9.68. The number of carbonyl (C=O) groups is 2. The maximum absolute atomic E-state index is 12.5. The van der Waals surface area contributed by atoms with Gasteiger partial charge in [0.1, 0.15) is 0 Å². The van der Waals surface area contributed by atoms with Crippen LogP contribution in [0.4, 0.5) is 0 Å². The molecule has 2 rings (SSSR count). The Morgan fingerprint density at radius 1 is 1.43 bits per heavy atom. The Kier molecular flexibility index (Phi) is 4.96. The van der Waals surface area contributed by atoms with E-state index in [1.54, 1.807) is 0 Å². The van der Waals surface area contributed by atoms with E-state index in [1.807, 2.05) is 18.7 Å². The summed E-state index contributed by atoms with van der Waals surface area (Å²) in [6.45, 7) is 7.00. The van der Waals surface area contributed by atoms with E-state index in [1.165, 1.54) is 6.92 Å². The molecule has 2 N–H and O–H groups in total. The molecular formula is C16H24N2O3. The van der Waals surface area contributed by atoms with E-state index in [2.05, 4.69) is 4.98 Å². The molecule has 1 atom stereocenters. The number of piperidine rings is 1. The van der Waals surface area contributed by atoms with Crippen LogP contribution in [0.5, 0.6) is 0 Å². The van der Waals surface area contributed by atoms with Crippen molar-refractivity contribution in [3.63, 3.8) is 0 Å². The summed E-state index contributed by atoms with van der Waals surface area (Å²) in [5.41, 5.74) is 2.80. The van der Waals surface area contributed by atoms with Crippen molar-refractivity contribution in [1.29, 1.82) is 0 Å². The highest BCUT2D eigenvalue weighted by atomic mass is 16.3. The lowest BCUT2D eigenvalue weighted by molar-refractivity contribution is 0.0631. The SMILES string of the molecule is CCc1c(C(=O)CN2CCCC(O)C2)[nH]c(C)c1C(C)=O. The van der Waals surface area contributed by atoms with E-state index < -0.39 is 0 Å². The van der Waals surface area contributed by atoms with Crippen molar-refractivity contribution in [3.8, 4) is 0 Å².